The molecular weight excluding hydrogens is 220 g/mol. The molecule has 3 nitrogen and oxygen atoms in total. The number of hydrogen-bond donors (Lipinski definition) is 2. The lowest BCUT2D eigenvalue weighted by Crippen LogP contribution is -2.57. The fourth-order valence-corrected chi connectivity index (χ4v) is 4.60. The van der Waals surface area contributed by atoms with Crippen LogP contribution in [0.2, 0.25) is 0 Å². The Hall–Kier alpha value is -0.220. The lowest BCUT2D eigenvalue weighted by atomic mass is 9.93. The van der Waals surface area contributed by atoms with Crippen molar-refractivity contribution < 1.29 is 4.79 Å². The fourth-order valence-electron chi connectivity index (χ4n) is 3.38. The first kappa shape index (κ1) is 10.9. The van der Waals surface area contributed by atoms with Gasteiger partial charge in [0.1, 0.15) is 0 Å². The molecule has 4 heteroatoms. The topological polar surface area (TPSA) is 41.1 Å². The maximum atomic E-state index is 12.0. The molecule has 1 saturated carbocycles. The lowest BCUT2D eigenvalue weighted by Gasteiger charge is -2.38. The molecule has 3 rings (SSSR count). The van der Waals surface area contributed by atoms with Crippen LogP contribution in [-0.2, 0) is 4.79 Å². The van der Waals surface area contributed by atoms with Crippen molar-refractivity contribution in [1.29, 1.82) is 0 Å². The van der Waals surface area contributed by atoms with Gasteiger partial charge in [-0.25, -0.2) is 0 Å². The van der Waals surface area contributed by atoms with Crippen molar-refractivity contribution in [1.82, 2.24) is 10.6 Å². The standard InChI is InChI=1S/C12H20N2OS/c15-11-9-3-1-4-10(9)14-12(7-13-11)5-2-6-16-8-12/h9-10,14H,1-8H2,(H,13,15). The number of fused-ring (bicyclic) bond motifs is 1. The monoisotopic (exact) mass is 240 g/mol. The molecule has 2 saturated heterocycles. The van der Waals surface area contributed by atoms with Gasteiger partial charge in [-0.3, -0.25) is 4.79 Å². The second-order valence-corrected chi connectivity index (χ2v) is 6.55. The molecule has 2 aliphatic heterocycles. The molecule has 0 radical (unpaired) electrons. The molecule has 3 fully saturated rings. The summed E-state index contributed by atoms with van der Waals surface area (Å²) < 4.78 is 0. The van der Waals surface area contributed by atoms with Crippen LogP contribution in [0.25, 0.3) is 0 Å². The summed E-state index contributed by atoms with van der Waals surface area (Å²) in [6.45, 7) is 0.839. The molecule has 0 aromatic heterocycles. The minimum Gasteiger partial charge on any atom is -0.354 e. The van der Waals surface area contributed by atoms with Crippen LogP contribution in [0, 0.1) is 5.92 Å². The van der Waals surface area contributed by atoms with Crippen LogP contribution in [-0.4, -0.2) is 35.5 Å². The Kier molecular flexibility index (Phi) is 2.88. The predicted molar refractivity (Wildman–Crippen MR) is 66.6 cm³/mol. The predicted octanol–water partition coefficient (Wildman–Crippen LogP) is 1.14. The number of hydrogen-bond acceptors (Lipinski definition) is 3. The summed E-state index contributed by atoms with van der Waals surface area (Å²) in [5, 5.41) is 6.98. The number of carbonyl (C=O) groups is 1. The number of rotatable bonds is 0. The van der Waals surface area contributed by atoms with Gasteiger partial charge >= 0.3 is 0 Å². The quantitative estimate of drug-likeness (QED) is 0.667. The van der Waals surface area contributed by atoms with Crippen molar-refractivity contribution in [3.63, 3.8) is 0 Å². The summed E-state index contributed by atoms with van der Waals surface area (Å²) in [5.41, 5.74) is 0.197. The van der Waals surface area contributed by atoms with Crippen molar-refractivity contribution in [3.05, 3.63) is 0 Å². The Balaban J connectivity index is 1.79. The summed E-state index contributed by atoms with van der Waals surface area (Å²) in [6.07, 6.45) is 5.98. The third-order valence-corrected chi connectivity index (χ3v) is 5.60. The lowest BCUT2D eigenvalue weighted by molar-refractivity contribution is -0.124. The van der Waals surface area contributed by atoms with Crippen molar-refractivity contribution in [2.45, 2.75) is 43.7 Å². The Labute approximate surface area is 101 Å². The van der Waals surface area contributed by atoms with Gasteiger partial charge in [0.15, 0.2) is 0 Å². The Morgan fingerprint density at radius 2 is 2.25 bits per heavy atom. The molecule has 0 bridgehead atoms. The van der Waals surface area contributed by atoms with Crippen LogP contribution in [0.5, 0.6) is 0 Å². The molecule has 2 N–H and O–H groups in total. The van der Waals surface area contributed by atoms with Gasteiger partial charge in [-0.2, -0.15) is 11.8 Å². The second kappa shape index (κ2) is 4.22. The van der Waals surface area contributed by atoms with E-state index in [-0.39, 0.29) is 11.5 Å². The first-order valence-corrected chi connectivity index (χ1v) is 7.58. The molecule has 1 spiro atoms. The van der Waals surface area contributed by atoms with Gasteiger partial charge in [-0.1, -0.05) is 6.42 Å². The number of nitrogens with one attached hydrogen (secondary N) is 2. The van der Waals surface area contributed by atoms with Crippen molar-refractivity contribution >= 4 is 17.7 Å². The molecule has 16 heavy (non-hydrogen) atoms. The number of carbonyl (C=O) groups excluding carboxylic acids is 1. The van der Waals surface area contributed by atoms with E-state index in [1.165, 1.54) is 31.4 Å². The van der Waals surface area contributed by atoms with E-state index in [1.807, 2.05) is 11.8 Å². The van der Waals surface area contributed by atoms with Crippen LogP contribution in [0.1, 0.15) is 32.1 Å². The molecule has 0 aromatic carbocycles. The fraction of sp³-hybridized carbons (Fsp3) is 0.917. The highest BCUT2D eigenvalue weighted by Crippen LogP contribution is 2.34. The molecule has 90 valence electrons. The normalized spacial score (nSPS) is 43.9. The summed E-state index contributed by atoms with van der Waals surface area (Å²) in [4.78, 5) is 12.0. The molecular formula is C12H20N2OS. The minimum atomic E-state index is 0.197. The number of amides is 1. The largest absolute Gasteiger partial charge is 0.354 e. The highest BCUT2D eigenvalue weighted by Gasteiger charge is 2.43. The van der Waals surface area contributed by atoms with E-state index in [0.29, 0.717) is 11.9 Å². The van der Waals surface area contributed by atoms with Gasteiger partial charge in [0, 0.05) is 23.9 Å². The van der Waals surface area contributed by atoms with E-state index in [0.717, 1.165) is 18.7 Å². The average Bonchev–Trinajstić information content (AvgIpc) is 2.71. The van der Waals surface area contributed by atoms with Crippen LogP contribution >= 0.6 is 11.8 Å². The zero-order valence-corrected chi connectivity index (χ0v) is 10.4. The van der Waals surface area contributed by atoms with E-state index >= 15 is 0 Å². The molecule has 0 aromatic rings. The minimum absolute atomic E-state index is 0.197. The van der Waals surface area contributed by atoms with E-state index in [4.69, 9.17) is 0 Å². The smallest absolute Gasteiger partial charge is 0.224 e. The van der Waals surface area contributed by atoms with Crippen LogP contribution in [0.15, 0.2) is 0 Å². The molecule has 1 amide bonds. The van der Waals surface area contributed by atoms with E-state index < -0.39 is 0 Å². The summed E-state index contributed by atoms with van der Waals surface area (Å²) in [7, 11) is 0. The maximum absolute atomic E-state index is 12.0. The van der Waals surface area contributed by atoms with E-state index in [2.05, 4.69) is 10.6 Å². The Morgan fingerprint density at radius 3 is 3.06 bits per heavy atom. The average molecular weight is 240 g/mol. The highest BCUT2D eigenvalue weighted by molar-refractivity contribution is 7.99. The third-order valence-electron chi connectivity index (χ3n) is 4.27. The van der Waals surface area contributed by atoms with Gasteiger partial charge in [-0.15, -0.1) is 0 Å². The third kappa shape index (κ3) is 1.86. The zero-order chi connectivity index (χ0) is 11.0. The molecule has 3 unspecified atom stereocenters. The summed E-state index contributed by atoms with van der Waals surface area (Å²) >= 11 is 2.03. The van der Waals surface area contributed by atoms with Crippen molar-refractivity contribution in [3.8, 4) is 0 Å². The van der Waals surface area contributed by atoms with Crippen molar-refractivity contribution in [2.24, 2.45) is 5.92 Å². The summed E-state index contributed by atoms with van der Waals surface area (Å²) in [6, 6.07) is 0.446. The van der Waals surface area contributed by atoms with E-state index in [9.17, 15) is 4.79 Å². The Bertz CT molecular complexity index is 289. The van der Waals surface area contributed by atoms with Gasteiger partial charge in [0.05, 0.1) is 5.92 Å². The van der Waals surface area contributed by atoms with Crippen molar-refractivity contribution in [2.75, 3.05) is 18.1 Å². The number of thioether (sulfide) groups is 1. The van der Waals surface area contributed by atoms with Gasteiger partial charge in [0.25, 0.3) is 0 Å². The van der Waals surface area contributed by atoms with Gasteiger partial charge in [0.2, 0.25) is 5.91 Å². The molecule has 3 aliphatic rings. The second-order valence-electron chi connectivity index (χ2n) is 5.44. The maximum Gasteiger partial charge on any atom is 0.224 e. The molecule has 2 heterocycles. The molecule has 3 atom stereocenters. The van der Waals surface area contributed by atoms with Crippen LogP contribution < -0.4 is 10.6 Å². The molecule has 1 aliphatic carbocycles. The first-order valence-electron chi connectivity index (χ1n) is 6.42. The zero-order valence-electron chi connectivity index (χ0n) is 9.63. The van der Waals surface area contributed by atoms with Crippen LogP contribution in [0.4, 0.5) is 0 Å². The van der Waals surface area contributed by atoms with Crippen LogP contribution in [0.3, 0.4) is 0 Å². The van der Waals surface area contributed by atoms with Gasteiger partial charge < -0.3 is 10.6 Å². The van der Waals surface area contributed by atoms with E-state index in [1.54, 1.807) is 0 Å². The van der Waals surface area contributed by atoms with Gasteiger partial charge in [-0.05, 0) is 31.4 Å². The Morgan fingerprint density at radius 1 is 1.31 bits per heavy atom. The summed E-state index contributed by atoms with van der Waals surface area (Å²) in [5.74, 6) is 2.98. The highest BCUT2D eigenvalue weighted by atomic mass is 32.2. The SMILES string of the molecule is O=C1NCC2(CCCSC2)NC2CCCC12. The first-order chi connectivity index (χ1) is 7.79.